The summed E-state index contributed by atoms with van der Waals surface area (Å²) in [5, 5.41) is 2.45. The number of nitrogens with zero attached hydrogens (tertiary/aromatic N) is 1. The summed E-state index contributed by atoms with van der Waals surface area (Å²) >= 11 is 3.00. The van der Waals surface area contributed by atoms with Gasteiger partial charge in [-0.25, -0.2) is 4.98 Å². The van der Waals surface area contributed by atoms with E-state index in [0.29, 0.717) is 0 Å². The molecule has 0 radical (unpaired) electrons. The normalized spacial score (nSPS) is 13.2. The first-order valence-electron chi connectivity index (χ1n) is 5.30. The fourth-order valence-electron chi connectivity index (χ4n) is 1.16. The molecule has 4 nitrogen and oxygen atoms in total. The van der Waals surface area contributed by atoms with Crippen LogP contribution in [0, 0.1) is 0 Å². The minimum absolute atomic E-state index is 0.180. The monoisotopic (exact) mass is 340 g/mol. The highest BCUT2D eigenvalue weighted by molar-refractivity contribution is 9.10. The molecule has 0 aromatic carbocycles. The van der Waals surface area contributed by atoms with E-state index in [-0.39, 0.29) is 22.8 Å². The van der Waals surface area contributed by atoms with Gasteiger partial charge in [-0.1, -0.05) is 0 Å². The lowest BCUT2D eigenvalue weighted by Gasteiger charge is -2.12. The third kappa shape index (κ3) is 4.46. The molecule has 1 aromatic rings. The van der Waals surface area contributed by atoms with Crippen LogP contribution in [0.3, 0.4) is 0 Å². The van der Waals surface area contributed by atoms with Crippen LogP contribution in [-0.4, -0.2) is 30.6 Å². The van der Waals surface area contributed by atoms with Gasteiger partial charge in [0.2, 0.25) is 0 Å². The summed E-state index contributed by atoms with van der Waals surface area (Å²) in [5.74, 6) is -0.693. The zero-order valence-corrected chi connectivity index (χ0v) is 11.8. The van der Waals surface area contributed by atoms with E-state index < -0.39 is 17.8 Å². The Bertz CT molecular complexity index is 466. The number of hydrogen-bond donors (Lipinski definition) is 1. The number of rotatable bonds is 4. The number of carbonyl (C=O) groups is 1. The van der Waals surface area contributed by atoms with Crippen LogP contribution >= 0.6 is 15.9 Å². The van der Waals surface area contributed by atoms with Crippen molar-refractivity contribution in [2.24, 2.45) is 0 Å². The van der Waals surface area contributed by atoms with Crippen molar-refractivity contribution < 1.29 is 22.7 Å². The molecule has 1 atom stereocenters. The van der Waals surface area contributed by atoms with Crippen LogP contribution in [-0.2, 0) is 10.9 Å². The van der Waals surface area contributed by atoms with Crippen molar-refractivity contribution >= 4 is 21.8 Å². The average molecular weight is 341 g/mol. The highest BCUT2D eigenvalue weighted by Gasteiger charge is 2.33. The molecule has 0 saturated heterocycles. The molecule has 0 saturated carbocycles. The summed E-state index contributed by atoms with van der Waals surface area (Å²) < 4.78 is 42.6. The predicted molar refractivity (Wildman–Crippen MR) is 65.7 cm³/mol. The van der Waals surface area contributed by atoms with Gasteiger partial charge >= 0.3 is 6.18 Å². The summed E-state index contributed by atoms with van der Waals surface area (Å²) in [5.41, 5.74) is -1.42. The largest absolute Gasteiger partial charge is 0.433 e. The lowest BCUT2D eigenvalue weighted by atomic mass is 10.2. The van der Waals surface area contributed by atoms with Gasteiger partial charge in [0, 0.05) is 18.1 Å². The molecule has 0 spiro atoms. The zero-order chi connectivity index (χ0) is 14.6. The van der Waals surface area contributed by atoms with E-state index >= 15 is 0 Å². The second-order valence-corrected chi connectivity index (χ2v) is 4.64. The predicted octanol–water partition coefficient (Wildman–Crippen LogP) is 2.63. The maximum atomic E-state index is 12.5. The molecular formula is C11H12BrF3N2O2. The summed E-state index contributed by atoms with van der Waals surface area (Å²) in [7, 11) is 1.47. The highest BCUT2D eigenvalue weighted by Crippen LogP contribution is 2.29. The average Bonchev–Trinajstić information content (AvgIpc) is 2.34. The molecule has 0 aliphatic heterocycles. The molecule has 106 valence electrons. The third-order valence-electron chi connectivity index (χ3n) is 2.30. The van der Waals surface area contributed by atoms with Crippen LogP contribution in [0.4, 0.5) is 13.2 Å². The number of carbonyl (C=O) groups excluding carboxylic acids is 1. The molecule has 1 N–H and O–H groups in total. The molecule has 19 heavy (non-hydrogen) atoms. The molecule has 0 bridgehead atoms. The number of amides is 1. The molecule has 0 fully saturated rings. The lowest BCUT2D eigenvalue weighted by molar-refractivity contribution is -0.141. The van der Waals surface area contributed by atoms with Crippen molar-refractivity contribution in [1.82, 2.24) is 10.3 Å². The summed E-state index contributed by atoms with van der Waals surface area (Å²) in [4.78, 5) is 15.1. The van der Waals surface area contributed by atoms with Crippen LogP contribution < -0.4 is 5.32 Å². The summed E-state index contributed by atoms with van der Waals surface area (Å²) in [6.07, 6.45) is -4.83. The molecule has 1 heterocycles. The number of ether oxygens (including phenoxy) is 1. The molecule has 0 aliphatic carbocycles. The number of alkyl halides is 3. The van der Waals surface area contributed by atoms with Gasteiger partial charge in [-0.15, -0.1) is 0 Å². The second kappa shape index (κ2) is 6.33. The summed E-state index contributed by atoms with van der Waals surface area (Å²) in [6, 6.07) is 1.95. The Morgan fingerprint density at radius 1 is 1.53 bits per heavy atom. The van der Waals surface area contributed by atoms with E-state index in [1.807, 2.05) is 0 Å². The van der Waals surface area contributed by atoms with Gasteiger partial charge < -0.3 is 10.1 Å². The Labute approximate surface area is 116 Å². The third-order valence-corrected chi connectivity index (χ3v) is 2.94. The zero-order valence-electron chi connectivity index (χ0n) is 10.2. The molecule has 1 aromatic heterocycles. The van der Waals surface area contributed by atoms with Crippen molar-refractivity contribution in [3.8, 4) is 0 Å². The van der Waals surface area contributed by atoms with Crippen LogP contribution in [0.25, 0.3) is 0 Å². The topological polar surface area (TPSA) is 51.2 Å². The Hall–Kier alpha value is -1.15. The number of hydrogen-bond acceptors (Lipinski definition) is 3. The van der Waals surface area contributed by atoms with Gasteiger partial charge in [-0.3, -0.25) is 4.79 Å². The SMILES string of the molecule is COC(C)CNC(=O)c1nc(C(F)(F)F)ccc1Br. The molecule has 1 unspecified atom stereocenters. The Kier molecular flexibility index (Phi) is 5.30. The van der Waals surface area contributed by atoms with Crippen molar-refractivity contribution in [2.75, 3.05) is 13.7 Å². The molecule has 1 rings (SSSR count). The van der Waals surface area contributed by atoms with Crippen molar-refractivity contribution in [1.29, 1.82) is 0 Å². The van der Waals surface area contributed by atoms with Gasteiger partial charge in [0.1, 0.15) is 11.4 Å². The van der Waals surface area contributed by atoms with Crippen molar-refractivity contribution in [3.05, 3.63) is 28.0 Å². The van der Waals surface area contributed by atoms with Crippen molar-refractivity contribution in [3.63, 3.8) is 0 Å². The van der Waals surface area contributed by atoms with Crippen LogP contribution in [0.2, 0.25) is 0 Å². The minimum atomic E-state index is -4.59. The first-order valence-corrected chi connectivity index (χ1v) is 6.09. The van der Waals surface area contributed by atoms with E-state index in [4.69, 9.17) is 4.74 Å². The number of pyridine rings is 1. The van der Waals surface area contributed by atoms with Crippen molar-refractivity contribution in [2.45, 2.75) is 19.2 Å². The van der Waals surface area contributed by atoms with E-state index in [1.165, 1.54) is 7.11 Å². The molecule has 1 amide bonds. The first kappa shape index (κ1) is 15.9. The van der Waals surface area contributed by atoms with Gasteiger partial charge in [-0.2, -0.15) is 13.2 Å². The molecule has 8 heteroatoms. The molecule has 0 aliphatic rings. The Morgan fingerprint density at radius 2 is 2.16 bits per heavy atom. The second-order valence-electron chi connectivity index (χ2n) is 3.78. The van der Waals surface area contributed by atoms with E-state index in [9.17, 15) is 18.0 Å². The van der Waals surface area contributed by atoms with E-state index in [2.05, 4.69) is 26.2 Å². The Morgan fingerprint density at radius 3 is 2.68 bits per heavy atom. The standard InChI is InChI=1S/C11H12BrF3N2O2/c1-6(19-2)5-16-10(18)9-7(12)3-4-8(17-9)11(13,14)15/h3-4,6H,5H2,1-2H3,(H,16,18). The van der Waals surface area contributed by atoms with Gasteiger partial charge in [0.15, 0.2) is 0 Å². The fourth-order valence-corrected chi connectivity index (χ4v) is 1.56. The van der Waals surface area contributed by atoms with Crippen LogP contribution in [0.1, 0.15) is 23.1 Å². The van der Waals surface area contributed by atoms with Gasteiger partial charge in [0.25, 0.3) is 5.91 Å². The van der Waals surface area contributed by atoms with E-state index in [0.717, 1.165) is 12.1 Å². The maximum absolute atomic E-state index is 12.5. The smallest absolute Gasteiger partial charge is 0.380 e. The van der Waals surface area contributed by atoms with Gasteiger partial charge in [0.05, 0.1) is 6.10 Å². The number of methoxy groups -OCH3 is 1. The van der Waals surface area contributed by atoms with Crippen LogP contribution in [0.15, 0.2) is 16.6 Å². The van der Waals surface area contributed by atoms with Crippen LogP contribution in [0.5, 0.6) is 0 Å². The number of halogens is 4. The number of aromatic nitrogens is 1. The first-order chi connectivity index (χ1) is 8.75. The number of nitrogens with one attached hydrogen (secondary N) is 1. The fraction of sp³-hybridized carbons (Fsp3) is 0.455. The lowest BCUT2D eigenvalue weighted by Crippen LogP contribution is -2.32. The maximum Gasteiger partial charge on any atom is 0.433 e. The van der Waals surface area contributed by atoms with Gasteiger partial charge in [-0.05, 0) is 35.0 Å². The summed E-state index contributed by atoms with van der Waals surface area (Å²) in [6.45, 7) is 1.90. The quantitative estimate of drug-likeness (QED) is 0.916. The van der Waals surface area contributed by atoms with E-state index in [1.54, 1.807) is 6.92 Å². The Balaban J connectivity index is 2.90. The minimum Gasteiger partial charge on any atom is -0.380 e. The highest BCUT2D eigenvalue weighted by atomic mass is 79.9. The molecular weight excluding hydrogens is 329 g/mol.